The Hall–Kier alpha value is 2.42. The zero-order chi connectivity index (χ0) is 20.6. The SMILES string of the molecule is ClC(Cl)(Cl)[C](Cl)(Cl)[Al]([O]c1ccccc1)[O]c1c(Br)c(Br)c(Br)c(Br)c1Br. The van der Waals surface area contributed by atoms with Crippen molar-refractivity contribution in [2.75, 3.05) is 0 Å². The molecule has 0 bridgehead atoms. The van der Waals surface area contributed by atoms with Crippen LogP contribution in [0.15, 0.2) is 52.7 Å². The van der Waals surface area contributed by atoms with Crippen molar-refractivity contribution in [3.63, 3.8) is 0 Å². The Labute approximate surface area is 228 Å². The van der Waals surface area contributed by atoms with Gasteiger partial charge < -0.3 is 7.58 Å². The van der Waals surface area contributed by atoms with E-state index in [4.69, 9.17) is 65.6 Å². The first-order valence-electron chi connectivity index (χ1n) is 6.72. The maximum absolute atomic E-state index is 6.41. The number of alkyl halides is 5. The van der Waals surface area contributed by atoms with Crippen molar-refractivity contribution >= 4 is 152 Å². The molecule has 146 valence electrons. The van der Waals surface area contributed by atoms with Gasteiger partial charge in [-0.25, -0.2) is 0 Å². The lowest BCUT2D eigenvalue weighted by Crippen LogP contribution is -2.54. The molecule has 0 spiro atoms. The van der Waals surface area contributed by atoms with E-state index in [2.05, 4.69) is 79.6 Å². The van der Waals surface area contributed by atoms with Gasteiger partial charge in [-0.3, -0.25) is 0 Å². The van der Waals surface area contributed by atoms with Crippen LogP contribution in [0.25, 0.3) is 0 Å². The van der Waals surface area contributed by atoms with Crippen molar-refractivity contribution in [2.45, 2.75) is 6.99 Å². The van der Waals surface area contributed by atoms with Crippen LogP contribution in [0.1, 0.15) is 0 Å². The first kappa shape index (κ1) is 25.7. The number of benzene rings is 2. The van der Waals surface area contributed by atoms with E-state index in [1.165, 1.54) is 0 Å². The molecule has 0 atom stereocenters. The van der Waals surface area contributed by atoms with Crippen LogP contribution in [0.3, 0.4) is 0 Å². The molecule has 0 unspecified atom stereocenters. The first-order valence-corrected chi connectivity index (χ1v) is 14.1. The van der Waals surface area contributed by atoms with Gasteiger partial charge in [0.2, 0.25) is 6.99 Å². The summed E-state index contributed by atoms with van der Waals surface area (Å²) in [5, 5.41) is 0. The van der Waals surface area contributed by atoms with Crippen LogP contribution in [-0.4, -0.2) is 21.8 Å². The van der Waals surface area contributed by atoms with Gasteiger partial charge in [0.25, 0.3) is 0 Å². The van der Waals surface area contributed by atoms with E-state index in [1.54, 1.807) is 24.3 Å². The molecular formula is C14H5AlBr5Cl5O2. The van der Waals surface area contributed by atoms with Crippen LogP contribution in [0.4, 0.5) is 0 Å². The summed E-state index contributed by atoms with van der Waals surface area (Å²) in [6, 6.07) is 8.87. The Bertz CT molecular complexity index is 806. The van der Waals surface area contributed by atoms with E-state index in [0.717, 1.165) is 4.47 Å². The average Bonchev–Trinajstić information content (AvgIpc) is 2.60. The minimum Gasteiger partial charge on any atom is -0.610 e. The van der Waals surface area contributed by atoms with Gasteiger partial charge in [0, 0.05) is 4.47 Å². The van der Waals surface area contributed by atoms with Crippen LogP contribution in [0.5, 0.6) is 11.5 Å². The predicted octanol–water partition coefficient (Wildman–Crippen LogP) is 9.53. The summed E-state index contributed by atoms with van der Waals surface area (Å²) in [5.74, 6) is 0.862. The van der Waals surface area contributed by atoms with E-state index in [0.29, 0.717) is 29.4 Å². The molecule has 13 heteroatoms. The third-order valence-electron chi connectivity index (χ3n) is 3.05. The molecule has 0 N–H and O–H groups in total. The Morgan fingerprint density at radius 2 is 1.11 bits per heavy atom. The quantitative estimate of drug-likeness (QED) is 0.130. The molecule has 0 heterocycles. The highest BCUT2D eigenvalue weighted by Gasteiger charge is 2.66. The van der Waals surface area contributed by atoms with Gasteiger partial charge >= 0.3 is 14.8 Å². The third kappa shape index (κ3) is 6.02. The maximum Gasteiger partial charge on any atom is 0.901 e. The van der Waals surface area contributed by atoms with Gasteiger partial charge in [0.05, 0.1) is 23.6 Å². The Balaban J connectivity index is 2.53. The Morgan fingerprint density at radius 1 is 0.667 bits per heavy atom. The van der Waals surface area contributed by atoms with E-state index in [1.807, 2.05) is 6.07 Å². The molecule has 0 aliphatic carbocycles. The van der Waals surface area contributed by atoms with Crippen LogP contribution >= 0.6 is 138 Å². The van der Waals surface area contributed by atoms with Crippen molar-refractivity contribution in [3.05, 3.63) is 52.7 Å². The number of hydrogen-bond donors (Lipinski definition) is 0. The molecule has 2 aromatic rings. The molecule has 0 radical (unpaired) electrons. The van der Waals surface area contributed by atoms with Crippen molar-refractivity contribution in [1.29, 1.82) is 0 Å². The first-order chi connectivity index (χ1) is 12.4. The van der Waals surface area contributed by atoms with Crippen molar-refractivity contribution < 1.29 is 7.58 Å². The highest BCUT2D eigenvalue weighted by molar-refractivity contribution is 9.15. The standard InChI is InChI=1S/C6HBr5O.C6H6O.C2Cl5.Al/c7-1-2(8)4(10)6(12)5(11)3(1)9;7-6-4-2-1-3-5-6;3-1(4)2(5,6)7;/h12H;1-5,7H;;/q;;;+2/p-2. The summed E-state index contributed by atoms with van der Waals surface area (Å²) in [5.41, 5.74) is 0. The normalized spacial score (nSPS) is 12.1. The van der Waals surface area contributed by atoms with E-state index in [9.17, 15) is 0 Å². The number of rotatable bonds is 5. The largest absolute Gasteiger partial charge is 0.901 e. The molecule has 0 saturated heterocycles. The lowest BCUT2D eigenvalue weighted by atomic mass is 10.3. The topological polar surface area (TPSA) is 18.5 Å². The zero-order valence-electron chi connectivity index (χ0n) is 12.6. The Morgan fingerprint density at radius 3 is 1.56 bits per heavy atom. The van der Waals surface area contributed by atoms with Crippen LogP contribution in [-0.2, 0) is 0 Å². The number of para-hydroxylation sites is 1. The molecule has 2 nitrogen and oxygen atoms in total. The zero-order valence-corrected chi connectivity index (χ0v) is 25.4. The smallest absolute Gasteiger partial charge is 0.610 e. The summed E-state index contributed by atoms with van der Waals surface area (Å²) in [7, 11) is 0. The minimum atomic E-state index is -3.12. The van der Waals surface area contributed by atoms with Crippen molar-refractivity contribution in [1.82, 2.24) is 0 Å². The van der Waals surface area contributed by atoms with E-state index < -0.39 is 21.8 Å². The lowest BCUT2D eigenvalue weighted by molar-refractivity contribution is 0.408. The molecule has 0 aliphatic rings. The second-order valence-electron chi connectivity index (χ2n) is 4.90. The van der Waals surface area contributed by atoms with Gasteiger partial charge in [-0.05, 0) is 91.8 Å². The summed E-state index contributed by atoms with van der Waals surface area (Å²) in [6.45, 7) is 0. The molecule has 27 heavy (non-hydrogen) atoms. The fourth-order valence-corrected chi connectivity index (χ4v) is 8.07. The summed E-state index contributed by atoms with van der Waals surface area (Å²) >= 11 is 45.1. The fraction of sp³-hybridized carbons (Fsp3) is 0.143. The van der Waals surface area contributed by atoms with Crippen molar-refractivity contribution in [3.8, 4) is 11.5 Å². The molecular weight excluding hydrogens is 804 g/mol. The van der Waals surface area contributed by atoms with Crippen LogP contribution < -0.4 is 7.58 Å². The summed E-state index contributed by atoms with van der Waals surface area (Å²) in [4.78, 5) is 0. The Kier molecular flexibility index (Phi) is 9.85. The lowest BCUT2D eigenvalue weighted by Gasteiger charge is -2.31. The van der Waals surface area contributed by atoms with Crippen molar-refractivity contribution in [2.24, 2.45) is 0 Å². The maximum atomic E-state index is 6.41. The molecule has 0 aliphatic heterocycles. The fourth-order valence-electron chi connectivity index (χ4n) is 1.72. The van der Waals surface area contributed by atoms with Gasteiger partial charge in [-0.15, -0.1) is 23.2 Å². The van der Waals surface area contributed by atoms with Crippen LogP contribution in [0.2, 0.25) is 0 Å². The molecule has 2 rings (SSSR count). The number of halogens is 10. The average molecular weight is 809 g/mol. The van der Waals surface area contributed by atoms with Gasteiger partial charge in [0.1, 0.15) is 5.75 Å². The molecule has 0 amide bonds. The van der Waals surface area contributed by atoms with Gasteiger partial charge in [-0.2, -0.15) is 0 Å². The summed E-state index contributed by atoms with van der Waals surface area (Å²) in [6.07, 6.45) is 0. The third-order valence-corrected chi connectivity index (χ3v) is 14.7. The molecule has 0 fully saturated rings. The second-order valence-corrected chi connectivity index (χ2v) is 15.3. The number of hydrogen-bond acceptors (Lipinski definition) is 2. The highest BCUT2D eigenvalue weighted by Crippen LogP contribution is 2.52. The molecule has 2 aromatic carbocycles. The van der Waals surface area contributed by atoms with Crippen LogP contribution in [0, 0.1) is 0 Å². The second kappa shape index (κ2) is 10.4. The van der Waals surface area contributed by atoms with Gasteiger partial charge in [0.15, 0.2) is 0 Å². The molecule has 0 aromatic heterocycles. The molecule has 0 saturated carbocycles. The predicted molar refractivity (Wildman–Crippen MR) is 133 cm³/mol. The van der Waals surface area contributed by atoms with Gasteiger partial charge in [-0.1, -0.05) is 53.0 Å². The minimum absolute atomic E-state index is 0.379. The van der Waals surface area contributed by atoms with E-state index in [-0.39, 0.29) is 0 Å². The highest BCUT2D eigenvalue weighted by atomic mass is 79.9. The monoisotopic (exact) mass is 801 g/mol. The summed E-state index contributed by atoms with van der Waals surface area (Å²) < 4.78 is 11.4. The van der Waals surface area contributed by atoms with E-state index >= 15 is 0 Å².